The second kappa shape index (κ2) is 8.34. The monoisotopic (exact) mass is 322 g/mol. The highest BCUT2D eigenvalue weighted by Crippen LogP contribution is 2.35. The lowest BCUT2D eigenvalue weighted by molar-refractivity contribution is 0.297. The van der Waals surface area contributed by atoms with Gasteiger partial charge in [0.1, 0.15) is 0 Å². The molecule has 0 aliphatic carbocycles. The molecule has 0 saturated heterocycles. The maximum Gasteiger partial charge on any atom is 0.0443 e. The highest BCUT2D eigenvalue weighted by molar-refractivity contribution is 5.71. The van der Waals surface area contributed by atoms with E-state index >= 15 is 0 Å². The molecule has 0 unspecified atom stereocenters. The topological polar surface area (TPSA) is 6.48 Å². The fourth-order valence-corrected chi connectivity index (χ4v) is 3.76. The fourth-order valence-electron chi connectivity index (χ4n) is 3.76. The summed E-state index contributed by atoms with van der Waals surface area (Å²) in [4.78, 5) is 5.07. The van der Waals surface area contributed by atoms with Crippen molar-refractivity contribution < 1.29 is 0 Å². The summed E-state index contributed by atoms with van der Waals surface area (Å²) in [6.45, 7) is 9.15. The van der Waals surface area contributed by atoms with Crippen LogP contribution in [0.2, 0.25) is 0 Å². The summed E-state index contributed by atoms with van der Waals surface area (Å²) in [6.07, 6.45) is 4.79. The van der Waals surface area contributed by atoms with Crippen molar-refractivity contribution in [3.8, 4) is 0 Å². The summed E-state index contributed by atoms with van der Waals surface area (Å²) in [5, 5.41) is 0. The van der Waals surface area contributed by atoms with Crippen LogP contribution in [0.1, 0.15) is 37.8 Å². The van der Waals surface area contributed by atoms with Gasteiger partial charge in [-0.05, 0) is 68.6 Å². The molecule has 0 bridgehead atoms. The molecular weight excluding hydrogens is 292 g/mol. The van der Waals surface area contributed by atoms with E-state index in [-0.39, 0.29) is 0 Å². The normalized spacial score (nSPS) is 13.5. The van der Waals surface area contributed by atoms with E-state index in [1.54, 1.807) is 0 Å². The Kier molecular flexibility index (Phi) is 5.92. The van der Waals surface area contributed by atoms with Crippen molar-refractivity contribution in [2.75, 3.05) is 31.1 Å². The van der Waals surface area contributed by atoms with Crippen LogP contribution in [0.5, 0.6) is 0 Å². The third-order valence-electron chi connectivity index (χ3n) is 5.23. The summed E-state index contributed by atoms with van der Waals surface area (Å²) < 4.78 is 0. The van der Waals surface area contributed by atoms with E-state index in [4.69, 9.17) is 0 Å². The van der Waals surface area contributed by atoms with E-state index in [0.717, 1.165) is 32.5 Å². The molecule has 3 rings (SSSR count). The Morgan fingerprint density at radius 2 is 1.33 bits per heavy atom. The average Bonchev–Trinajstić information content (AvgIpc) is 2.79. The molecule has 0 N–H and O–H groups in total. The van der Waals surface area contributed by atoms with Gasteiger partial charge in [0.25, 0.3) is 0 Å². The molecule has 0 radical (unpaired) electrons. The minimum absolute atomic E-state index is 1.11. The van der Waals surface area contributed by atoms with Gasteiger partial charge in [0.05, 0.1) is 0 Å². The number of aryl methyl sites for hydroxylation is 2. The quantitative estimate of drug-likeness (QED) is 0.659. The van der Waals surface area contributed by atoms with E-state index < -0.39 is 0 Å². The summed E-state index contributed by atoms with van der Waals surface area (Å²) in [5.74, 6) is 0. The highest BCUT2D eigenvalue weighted by Gasteiger charge is 2.19. The van der Waals surface area contributed by atoms with E-state index in [2.05, 4.69) is 72.2 Å². The van der Waals surface area contributed by atoms with Crippen molar-refractivity contribution in [2.45, 2.75) is 39.5 Å². The Bertz CT molecular complexity index is 598. The molecule has 2 aromatic carbocycles. The summed E-state index contributed by atoms with van der Waals surface area (Å²) in [7, 11) is 0. The minimum atomic E-state index is 1.11. The Balaban J connectivity index is 1.76. The third kappa shape index (κ3) is 3.81. The molecule has 1 heterocycles. The standard InChI is InChI=1S/C22H30N2/c1-3-23(4-2)17-9-10-18-24-21-13-7-5-11-19(21)15-16-20-12-6-8-14-22(20)24/h5-8,11-14H,3-4,9-10,15-18H2,1-2H3. The molecule has 0 amide bonds. The molecule has 0 saturated carbocycles. The van der Waals surface area contributed by atoms with Crippen molar-refractivity contribution in [2.24, 2.45) is 0 Å². The first-order valence-corrected chi connectivity index (χ1v) is 9.49. The molecule has 0 spiro atoms. The number of unbranched alkanes of at least 4 members (excludes halogenated alkanes) is 1. The summed E-state index contributed by atoms with van der Waals surface area (Å²) >= 11 is 0. The van der Waals surface area contributed by atoms with Gasteiger partial charge in [0.2, 0.25) is 0 Å². The van der Waals surface area contributed by atoms with Crippen molar-refractivity contribution in [3.63, 3.8) is 0 Å². The van der Waals surface area contributed by atoms with Crippen molar-refractivity contribution in [1.29, 1.82) is 0 Å². The smallest absolute Gasteiger partial charge is 0.0443 e. The predicted octanol–water partition coefficient (Wildman–Crippen LogP) is 5.05. The number of benzene rings is 2. The molecule has 2 heteroatoms. The largest absolute Gasteiger partial charge is 0.341 e. The maximum atomic E-state index is 2.56. The molecule has 128 valence electrons. The second-order valence-electron chi connectivity index (χ2n) is 6.64. The van der Waals surface area contributed by atoms with Crippen LogP contribution in [-0.4, -0.2) is 31.1 Å². The molecule has 2 aromatic rings. The molecule has 1 aliphatic heterocycles. The number of rotatable bonds is 7. The molecule has 0 fully saturated rings. The van der Waals surface area contributed by atoms with Gasteiger partial charge in [-0.1, -0.05) is 50.2 Å². The number of anilines is 2. The number of para-hydroxylation sites is 2. The first-order valence-electron chi connectivity index (χ1n) is 9.49. The van der Waals surface area contributed by atoms with Gasteiger partial charge in [-0.3, -0.25) is 0 Å². The van der Waals surface area contributed by atoms with E-state index in [1.165, 1.54) is 41.9 Å². The van der Waals surface area contributed by atoms with Crippen molar-refractivity contribution in [1.82, 2.24) is 4.90 Å². The Hall–Kier alpha value is -1.80. The molecule has 1 aliphatic rings. The van der Waals surface area contributed by atoms with Gasteiger partial charge in [-0.15, -0.1) is 0 Å². The first-order chi connectivity index (χ1) is 11.8. The van der Waals surface area contributed by atoms with Crippen LogP contribution in [0.3, 0.4) is 0 Å². The van der Waals surface area contributed by atoms with Gasteiger partial charge in [0, 0.05) is 17.9 Å². The number of hydrogen-bond donors (Lipinski definition) is 0. The molecule has 24 heavy (non-hydrogen) atoms. The van der Waals surface area contributed by atoms with Gasteiger partial charge >= 0.3 is 0 Å². The van der Waals surface area contributed by atoms with Crippen LogP contribution in [0.15, 0.2) is 48.5 Å². The van der Waals surface area contributed by atoms with E-state index in [9.17, 15) is 0 Å². The highest BCUT2D eigenvalue weighted by atomic mass is 15.1. The average molecular weight is 322 g/mol. The second-order valence-corrected chi connectivity index (χ2v) is 6.64. The molecule has 0 atom stereocenters. The molecule has 0 aromatic heterocycles. The Morgan fingerprint density at radius 3 is 1.88 bits per heavy atom. The van der Waals surface area contributed by atoms with Crippen LogP contribution in [-0.2, 0) is 12.8 Å². The fraction of sp³-hybridized carbons (Fsp3) is 0.455. The Morgan fingerprint density at radius 1 is 0.792 bits per heavy atom. The summed E-state index contributed by atoms with van der Waals surface area (Å²) in [5.41, 5.74) is 5.78. The predicted molar refractivity (Wildman–Crippen MR) is 104 cm³/mol. The van der Waals surface area contributed by atoms with E-state index in [0.29, 0.717) is 0 Å². The zero-order valence-electron chi connectivity index (χ0n) is 15.2. The zero-order chi connectivity index (χ0) is 16.8. The third-order valence-corrected chi connectivity index (χ3v) is 5.23. The van der Waals surface area contributed by atoms with E-state index in [1.807, 2.05) is 0 Å². The van der Waals surface area contributed by atoms with Gasteiger partial charge < -0.3 is 9.80 Å². The van der Waals surface area contributed by atoms with Gasteiger partial charge in [-0.2, -0.15) is 0 Å². The maximum absolute atomic E-state index is 2.56. The molecular formula is C22H30N2. The number of fused-ring (bicyclic) bond motifs is 2. The van der Waals surface area contributed by atoms with Crippen LogP contribution < -0.4 is 4.90 Å². The lowest BCUT2D eigenvalue weighted by atomic mass is 10.0. The van der Waals surface area contributed by atoms with Crippen molar-refractivity contribution in [3.05, 3.63) is 59.7 Å². The first kappa shape index (κ1) is 17.0. The van der Waals surface area contributed by atoms with Crippen LogP contribution >= 0.6 is 0 Å². The minimum Gasteiger partial charge on any atom is -0.341 e. The lowest BCUT2D eigenvalue weighted by Gasteiger charge is -2.27. The summed E-state index contributed by atoms with van der Waals surface area (Å²) in [6, 6.07) is 17.9. The SMILES string of the molecule is CCN(CC)CCCCN1c2ccccc2CCc2ccccc21. The zero-order valence-corrected chi connectivity index (χ0v) is 15.2. The number of nitrogens with zero attached hydrogens (tertiary/aromatic N) is 2. The Labute approximate surface area is 147 Å². The number of hydrogen-bond acceptors (Lipinski definition) is 2. The van der Waals surface area contributed by atoms with Crippen LogP contribution in [0.25, 0.3) is 0 Å². The van der Waals surface area contributed by atoms with Crippen molar-refractivity contribution >= 4 is 11.4 Å². The van der Waals surface area contributed by atoms with Gasteiger partial charge in [-0.25, -0.2) is 0 Å². The lowest BCUT2D eigenvalue weighted by Crippen LogP contribution is -2.25. The van der Waals surface area contributed by atoms with Crippen LogP contribution in [0.4, 0.5) is 11.4 Å². The van der Waals surface area contributed by atoms with Crippen LogP contribution in [0, 0.1) is 0 Å². The van der Waals surface area contributed by atoms with Gasteiger partial charge in [0.15, 0.2) is 0 Å². The molecule has 2 nitrogen and oxygen atoms in total.